The van der Waals surface area contributed by atoms with Crippen molar-refractivity contribution in [3.63, 3.8) is 0 Å². The number of ether oxygens (including phenoxy) is 2. The molecule has 0 bridgehead atoms. The van der Waals surface area contributed by atoms with Crippen molar-refractivity contribution < 1.29 is 9.47 Å². The molecule has 0 aliphatic rings. The summed E-state index contributed by atoms with van der Waals surface area (Å²) in [6.07, 6.45) is 0.929. The Balaban J connectivity index is 2.67. The number of nitrogens with two attached hydrogens (primary N) is 1. The van der Waals surface area contributed by atoms with Gasteiger partial charge in [0.1, 0.15) is 5.82 Å². The molecule has 0 fully saturated rings. The van der Waals surface area contributed by atoms with Gasteiger partial charge in [0.05, 0.1) is 18.9 Å². The van der Waals surface area contributed by atoms with Gasteiger partial charge in [0.2, 0.25) is 5.88 Å². The summed E-state index contributed by atoms with van der Waals surface area (Å²) in [6, 6.07) is 3.82. The molecule has 1 aromatic rings. The van der Waals surface area contributed by atoms with Crippen molar-refractivity contribution in [1.82, 2.24) is 4.98 Å². The first-order valence-electron chi connectivity index (χ1n) is 5.82. The standard InChI is InChI=1S/C12H21N3O2/c1-4-7-17-12-10(13)5-6-11(15-12)14-9(2)8-16-3/h5-6,9H,4,7-8,13H2,1-3H3,(H,14,15). The van der Waals surface area contributed by atoms with E-state index in [1.165, 1.54) is 0 Å². The lowest BCUT2D eigenvalue weighted by atomic mass is 10.3. The molecule has 0 amide bonds. The summed E-state index contributed by atoms with van der Waals surface area (Å²) in [4.78, 5) is 4.32. The summed E-state index contributed by atoms with van der Waals surface area (Å²) in [6.45, 7) is 5.30. The van der Waals surface area contributed by atoms with Crippen molar-refractivity contribution in [2.45, 2.75) is 26.3 Å². The highest BCUT2D eigenvalue weighted by atomic mass is 16.5. The maximum Gasteiger partial charge on any atom is 0.239 e. The van der Waals surface area contributed by atoms with E-state index < -0.39 is 0 Å². The van der Waals surface area contributed by atoms with Crippen molar-refractivity contribution in [2.75, 3.05) is 31.4 Å². The van der Waals surface area contributed by atoms with Gasteiger partial charge < -0.3 is 20.5 Å². The van der Waals surface area contributed by atoms with E-state index in [4.69, 9.17) is 15.2 Å². The van der Waals surface area contributed by atoms with E-state index in [0.717, 1.165) is 12.2 Å². The number of nitrogens with zero attached hydrogens (tertiary/aromatic N) is 1. The third kappa shape index (κ3) is 4.48. The molecule has 1 aromatic heterocycles. The van der Waals surface area contributed by atoms with Gasteiger partial charge in [0, 0.05) is 13.2 Å². The third-order valence-corrected chi connectivity index (χ3v) is 2.14. The van der Waals surface area contributed by atoms with E-state index >= 15 is 0 Å². The second-order valence-corrected chi connectivity index (χ2v) is 3.94. The largest absolute Gasteiger partial charge is 0.476 e. The Hall–Kier alpha value is -1.49. The summed E-state index contributed by atoms with van der Waals surface area (Å²) < 4.78 is 10.5. The quantitative estimate of drug-likeness (QED) is 0.760. The van der Waals surface area contributed by atoms with Crippen LogP contribution in [0.15, 0.2) is 12.1 Å². The molecule has 0 spiro atoms. The molecule has 5 heteroatoms. The molecule has 0 radical (unpaired) electrons. The molecule has 0 aromatic carbocycles. The van der Waals surface area contributed by atoms with Gasteiger partial charge in [0.25, 0.3) is 0 Å². The fraction of sp³-hybridized carbons (Fsp3) is 0.583. The molecule has 1 heterocycles. The Morgan fingerprint density at radius 1 is 1.47 bits per heavy atom. The van der Waals surface area contributed by atoms with E-state index in [1.54, 1.807) is 13.2 Å². The minimum Gasteiger partial charge on any atom is -0.476 e. The minimum atomic E-state index is 0.190. The average molecular weight is 239 g/mol. The molecule has 1 rings (SSSR count). The van der Waals surface area contributed by atoms with Crippen molar-refractivity contribution in [3.05, 3.63) is 12.1 Å². The molecule has 96 valence electrons. The highest BCUT2D eigenvalue weighted by Gasteiger charge is 2.06. The van der Waals surface area contributed by atoms with E-state index in [0.29, 0.717) is 24.8 Å². The highest BCUT2D eigenvalue weighted by molar-refractivity contribution is 5.53. The molecule has 0 aliphatic heterocycles. The number of nitrogens with one attached hydrogen (secondary N) is 1. The maximum atomic E-state index is 5.78. The predicted molar refractivity (Wildman–Crippen MR) is 69.4 cm³/mol. The fourth-order valence-corrected chi connectivity index (χ4v) is 1.39. The second kappa shape index (κ2) is 6.96. The molecular formula is C12H21N3O2. The van der Waals surface area contributed by atoms with Crippen molar-refractivity contribution in [3.8, 4) is 5.88 Å². The van der Waals surface area contributed by atoms with Gasteiger partial charge in [-0.25, -0.2) is 0 Å². The van der Waals surface area contributed by atoms with Gasteiger partial charge in [-0.15, -0.1) is 0 Å². The lowest BCUT2D eigenvalue weighted by Crippen LogP contribution is -2.21. The molecule has 1 atom stereocenters. The third-order valence-electron chi connectivity index (χ3n) is 2.14. The maximum absolute atomic E-state index is 5.78. The van der Waals surface area contributed by atoms with E-state index in [-0.39, 0.29) is 6.04 Å². The minimum absolute atomic E-state index is 0.190. The van der Waals surface area contributed by atoms with Crippen LogP contribution in [0.4, 0.5) is 11.5 Å². The van der Waals surface area contributed by atoms with Crippen LogP contribution in [-0.4, -0.2) is 31.3 Å². The summed E-state index contributed by atoms with van der Waals surface area (Å²) in [5.41, 5.74) is 6.34. The van der Waals surface area contributed by atoms with Gasteiger partial charge in [-0.1, -0.05) is 6.92 Å². The molecule has 3 N–H and O–H groups in total. The highest BCUT2D eigenvalue weighted by Crippen LogP contribution is 2.21. The van der Waals surface area contributed by atoms with Crippen LogP contribution in [0.5, 0.6) is 5.88 Å². The molecular weight excluding hydrogens is 218 g/mol. The van der Waals surface area contributed by atoms with Crippen LogP contribution in [0.1, 0.15) is 20.3 Å². The number of methoxy groups -OCH3 is 1. The first-order chi connectivity index (χ1) is 8.17. The number of rotatable bonds is 7. The summed E-state index contributed by atoms with van der Waals surface area (Å²) >= 11 is 0. The van der Waals surface area contributed by atoms with Crippen LogP contribution in [0.2, 0.25) is 0 Å². The van der Waals surface area contributed by atoms with Crippen LogP contribution in [0, 0.1) is 0 Å². The zero-order valence-electron chi connectivity index (χ0n) is 10.7. The first-order valence-corrected chi connectivity index (χ1v) is 5.82. The normalized spacial score (nSPS) is 12.2. The van der Waals surface area contributed by atoms with Crippen LogP contribution in [0.3, 0.4) is 0 Å². The van der Waals surface area contributed by atoms with Gasteiger partial charge in [-0.3, -0.25) is 0 Å². The van der Waals surface area contributed by atoms with Crippen molar-refractivity contribution in [1.29, 1.82) is 0 Å². The Labute approximate surface area is 102 Å². The van der Waals surface area contributed by atoms with Gasteiger partial charge in [-0.05, 0) is 25.5 Å². The van der Waals surface area contributed by atoms with Crippen molar-refractivity contribution >= 4 is 11.5 Å². The van der Waals surface area contributed by atoms with Crippen molar-refractivity contribution in [2.24, 2.45) is 0 Å². The zero-order valence-corrected chi connectivity index (χ0v) is 10.7. The fourth-order valence-electron chi connectivity index (χ4n) is 1.39. The van der Waals surface area contributed by atoms with Crippen LogP contribution < -0.4 is 15.8 Å². The monoisotopic (exact) mass is 239 g/mol. The van der Waals surface area contributed by atoms with Crippen LogP contribution in [-0.2, 0) is 4.74 Å². The van der Waals surface area contributed by atoms with Gasteiger partial charge >= 0.3 is 0 Å². The lowest BCUT2D eigenvalue weighted by Gasteiger charge is -2.15. The number of aromatic nitrogens is 1. The summed E-state index contributed by atoms with van der Waals surface area (Å²) in [7, 11) is 1.67. The number of hydrogen-bond donors (Lipinski definition) is 2. The number of hydrogen-bond acceptors (Lipinski definition) is 5. The molecule has 1 unspecified atom stereocenters. The summed E-state index contributed by atoms with van der Waals surface area (Å²) in [5, 5.41) is 3.22. The molecule has 17 heavy (non-hydrogen) atoms. The number of nitrogen functional groups attached to an aromatic ring is 1. The zero-order chi connectivity index (χ0) is 12.7. The predicted octanol–water partition coefficient (Wildman–Crippen LogP) is 1.90. The van der Waals surface area contributed by atoms with Gasteiger partial charge in [0.15, 0.2) is 0 Å². The SMILES string of the molecule is CCCOc1nc(NC(C)COC)ccc1N. The van der Waals surface area contributed by atoms with E-state index in [2.05, 4.69) is 10.3 Å². The first kappa shape index (κ1) is 13.6. The number of pyridine rings is 1. The van der Waals surface area contributed by atoms with E-state index in [1.807, 2.05) is 19.9 Å². The lowest BCUT2D eigenvalue weighted by molar-refractivity contribution is 0.190. The molecule has 0 saturated heterocycles. The number of anilines is 2. The average Bonchev–Trinajstić information content (AvgIpc) is 2.30. The topological polar surface area (TPSA) is 69.4 Å². The smallest absolute Gasteiger partial charge is 0.239 e. The van der Waals surface area contributed by atoms with Crippen LogP contribution >= 0.6 is 0 Å². The second-order valence-electron chi connectivity index (χ2n) is 3.94. The Morgan fingerprint density at radius 3 is 2.88 bits per heavy atom. The Kier molecular flexibility index (Phi) is 5.56. The molecule has 0 aliphatic carbocycles. The Morgan fingerprint density at radius 2 is 2.24 bits per heavy atom. The Bertz CT molecular complexity index is 345. The molecule has 5 nitrogen and oxygen atoms in total. The van der Waals surface area contributed by atoms with Crippen LogP contribution in [0.25, 0.3) is 0 Å². The van der Waals surface area contributed by atoms with E-state index in [9.17, 15) is 0 Å². The summed E-state index contributed by atoms with van der Waals surface area (Å²) in [5.74, 6) is 1.23. The van der Waals surface area contributed by atoms with Gasteiger partial charge in [-0.2, -0.15) is 4.98 Å². The molecule has 0 saturated carbocycles.